The minimum atomic E-state index is -0.0571. The molecule has 140 valence electrons. The molecule has 0 aliphatic carbocycles. The predicted molar refractivity (Wildman–Crippen MR) is 98.8 cm³/mol. The van der Waals surface area contributed by atoms with Crippen LogP contribution in [0.5, 0.6) is 5.75 Å². The van der Waals surface area contributed by atoms with Crippen LogP contribution in [-0.4, -0.2) is 44.7 Å². The van der Waals surface area contributed by atoms with Crippen LogP contribution in [0.4, 0.5) is 4.79 Å². The quantitative estimate of drug-likeness (QED) is 0.863. The first kappa shape index (κ1) is 18.2. The van der Waals surface area contributed by atoms with Crippen molar-refractivity contribution in [3.8, 4) is 5.75 Å². The summed E-state index contributed by atoms with van der Waals surface area (Å²) in [6.07, 6.45) is 10.8. The maximum absolute atomic E-state index is 12.7. The summed E-state index contributed by atoms with van der Waals surface area (Å²) in [5.41, 5.74) is 0. The van der Waals surface area contributed by atoms with Gasteiger partial charge in [-0.05, 0) is 18.6 Å². The summed E-state index contributed by atoms with van der Waals surface area (Å²) in [7, 11) is 1.96. The molecule has 0 spiro atoms. The number of piperidine rings is 1. The lowest BCUT2D eigenvalue weighted by Gasteiger charge is -2.33. The second kappa shape index (κ2) is 8.69. The number of rotatable bonds is 6. The lowest BCUT2D eigenvalue weighted by molar-refractivity contribution is 0.109. The molecule has 2 aromatic heterocycles. The van der Waals surface area contributed by atoms with Gasteiger partial charge in [0.15, 0.2) is 0 Å². The third kappa shape index (κ3) is 4.53. The molecule has 1 aliphatic rings. The highest BCUT2D eigenvalue weighted by molar-refractivity contribution is 5.74. The zero-order valence-corrected chi connectivity index (χ0v) is 15.5. The molecule has 0 aromatic carbocycles. The van der Waals surface area contributed by atoms with E-state index < -0.39 is 0 Å². The first-order valence-electron chi connectivity index (χ1n) is 9.26. The van der Waals surface area contributed by atoms with E-state index >= 15 is 0 Å². The molecular weight excluding hydrogens is 330 g/mol. The molecule has 7 nitrogen and oxygen atoms in total. The summed E-state index contributed by atoms with van der Waals surface area (Å²) in [5.74, 6) is 1.73. The van der Waals surface area contributed by atoms with Crippen molar-refractivity contribution < 1.29 is 9.53 Å². The fourth-order valence-electron chi connectivity index (χ4n) is 3.29. The number of ether oxygens (including phenoxy) is 1. The van der Waals surface area contributed by atoms with Crippen molar-refractivity contribution in [2.24, 2.45) is 7.05 Å². The Morgan fingerprint density at radius 3 is 2.65 bits per heavy atom. The molecule has 3 rings (SSSR count). The number of pyridine rings is 1. The van der Waals surface area contributed by atoms with E-state index in [4.69, 9.17) is 4.74 Å². The molecule has 2 aromatic rings. The summed E-state index contributed by atoms with van der Waals surface area (Å²) in [6, 6.07) is 3.65. The Labute approximate surface area is 154 Å². The van der Waals surface area contributed by atoms with Crippen LogP contribution < -0.4 is 10.1 Å². The van der Waals surface area contributed by atoms with Crippen LogP contribution >= 0.6 is 0 Å². The van der Waals surface area contributed by atoms with E-state index in [1.54, 1.807) is 18.6 Å². The summed E-state index contributed by atoms with van der Waals surface area (Å²) in [5, 5.41) is 3.15. The molecule has 1 aliphatic heterocycles. The minimum Gasteiger partial charge on any atom is -0.490 e. The van der Waals surface area contributed by atoms with Crippen LogP contribution in [-0.2, 0) is 7.05 Å². The van der Waals surface area contributed by atoms with Crippen molar-refractivity contribution in [3.63, 3.8) is 0 Å². The summed E-state index contributed by atoms with van der Waals surface area (Å²) >= 11 is 0. The van der Waals surface area contributed by atoms with Crippen LogP contribution in [0.2, 0.25) is 0 Å². The molecule has 0 radical (unpaired) electrons. The van der Waals surface area contributed by atoms with E-state index in [9.17, 15) is 4.79 Å². The van der Waals surface area contributed by atoms with Gasteiger partial charge in [0, 0.05) is 57.8 Å². The molecule has 1 N–H and O–H groups in total. The molecule has 0 bridgehead atoms. The maximum Gasteiger partial charge on any atom is 0.317 e. The first-order chi connectivity index (χ1) is 12.7. The van der Waals surface area contributed by atoms with Gasteiger partial charge in [0.1, 0.15) is 17.7 Å². The Morgan fingerprint density at radius 2 is 2.04 bits per heavy atom. The topological polar surface area (TPSA) is 72.3 Å². The first-order valence-corrected chi connectivity index (χ1v) is 9.26. The standard InChI is InChI=1S/C19H27N5O2/c1-3-4-17(18-21-11-14-23(18)2)22-19(25)24-12-7-16(8-13-24)26-15-5-9-20-10-6-15/h5-6,9-11,14,16-17H,3-4,7-8,12-13H2,1-2H3,(H,22,25)/t17-/m0/s1. The van der Waals surface area contributed by atoms with Gasteiger partial charge in [-0.1, -0.05) is 13.3 Å². The van der Waals surface area contributed by atoms with Crippen molar-refractivity contribution in [2.45, 2.75) is 44.8 Å². The summed E-state index contributed by atoms with van der Waals surface area (Å²) < 4.78 is 7.93. The normalized spacial score (nSPS) is 16.3. The fourth-order valence-corrected chi connectivity index (χ4v) is 3.29. The van der Waals surface area contributed by atoms with E-state index in [0.29, 0.717) is 13.1 Å². The van der Waals surface area contributed by atoms with E-state index in [1.807, 2.05) is 34.8 Å². The predicted octanol–water partition coefficient (Wildman–Crippen LogP) is 2.91. The Balaban J connectivity index is 1.52. The highest BCUT2D eigenvalue weighted by Gasteiger charge is 2.26. The van der Waals surface area contributed by atoms with Crippen molar-refractivity contribution in [1.29, 1.82) is 0 Å². The highest BCUT2D eigenvalue weighted by atomic mass is 16.5. The molecule has 1 fully saturated rings. The second-order valence-corrected chi connectivity index (χ2v) is 6.67. The SMILES string of the molecule is CCC[C@H](NC(=O)N1CCC(Oc2ccncc2)CC1)c1nccn1C. The maximum atomic E-state index is 12.7. The van der Waals surface area contributed by atoms with Crippen LogP contribution in [0.1, 0.15) is 44.5 Å². The van der Waals surface area contributed by atoms with E-state index in [1.165, 1.54) is 0 Å². The minimum absolute atomic E-state index is 0.0196. The third-order valence-electron chi connectivity index (χ3n) is 4.73. The van der Waals surface area contributed by atoms with Gasteiger partial charge in [0.25, 0.3) is 0 Å². The largest absolute Gasteiger partial charge is 0.490 e. The average Bonchev–Trinajstić information content (AvgIpc) is 3.08. The molecule has 3 heterocycles. The number of hydrogen-bond acceptors (Lipinski definition) is 4. The van der Waals surface area contributed by atoms with Gasteiger partial charge in [-0.2, -0.15) is 0 Å². The zero-order valence-electron chi connectivity index (χ0n) is 15.5. The number of carbonyl (C=O) groups is 1. The van der Waals surface area contributed by atoms with E-state index in [2.05, 4.69) is 22.2 Å². The molecular formula is C19H27N5O2. The zero-order chi connectivity index (χ0) is 18.4. The van der Waals surface area contributed by atoms with Gasteiger partial charge in [0.05, 0.1) is 6.04 Å². The molecule has 1 saturated heterocycles. The molecule has 2 amide bonds. The smallest absolute Gasteiger partial charge is 0.317 e. The van der Waals surface area contributed by atoms with Gasteiger partial charge in [-0.3, -0.25) is 4.98 Å². The number of urea groups is 1. The molecule has 26 heavy (non-hydrogen) atoms. The molecule has 0 unspecified atom stereocenters. The van der Waals surface area contributed by atoms with Gasteiger partial charge < -0.3 is 19.5 Å². The Bertz CT molecular complexity index is 695. The Hall–Kier alpha value is -2.57. The lowest BCUT2D eigenvalue weighted by Crippen LogP contribution is -2.47. The van der Waals surface area contributed by atoms with Crippen LogP contribution in [0.25, 0.3) is 0 Å². The highest BCUT2D eigenvalue weighted by Crippen LogP contribution is 2.20. The van der Waals surface area contributed by atoms with Gasteiger partial charge in [-0.25, -0.2) is 9.78 Å². The average molecular weight is 357 g/mol. The number of aryl methyl sites for hydroxylation is 1. The number of imidazole rings is 1. The van der Waals surface area contributed by atoms with Crippen LogP contribution in [0.15, 0.2) is 36.9 Å². The van der Waals surface area contributed by atoms with Crippen LogP contribution in [0, 0.1) is 0 Å². The van der Waals surface area contributed by atoms with Crippen LogP contribution in [0.3, 0.4) is 0 Å². The monoisotopic (exact) mass is 357 g/mol. The van der Waals surface area contributed by atoms with E-state index in [-0.39, 0.29) is 18.2 Å². The Morgan fingerprint density at radius 1 is 1.31 bits per heavy atom. The molecule has 7 heteroatoms. The fraction of sp³-hybridized carbons (Fsp3) is 0.526. The lowest BCUT2D eigenvalue weighted by atomic mass is 10.1. The third-order valence-corrected chi connectivity index (χ3v) is 4.73. The molecule has 1 atom stereocenters. The van der Waals surface area contributed by atoms with Gasteiger partial charge >= 0.3 is 6.03 Å². The van der Waals surface area contributed by atoms with Crippen molar-refractivity contribution in [3.05, 3.63) is 42.7 Å². The number of aromatic nitrogens is 3. The van der Waals surface area contributed by atoms with Crippen molar-refractivity contribution >= 4 is 6.03 Å². The van der Waals surface area contributed by atoms with E-state index in [0.717, 1.165) is 37.3 Å². The van der Waals surface area contributed by atoms with Crippen molar-refractivity contribution in [2.75, 3.05) is 13.1 Å². The summed E-state index contributed by atoms with van der Waals surface area (Å²) in [4.78, 5) is 22.9. The number of carbonyl (C=O) groups excluding carboxylic acids is 1. The number of amides is 2. The number of nitrogens with zero attached hydrogens (tertiary/aromatic N) is 4. The number of nitrogens with one attached hydrogen (secondary N) is 1. The number of likely N-dealkylation sites (tertiary alicyclic amines) is 1. The Kier molecular flexibility index (Phi) is 6.09. The van der Waals surface area contributed by atoms with Gasteiger partial charge in [0.2, 0.25) is 0 Å². The van der Waals surface area contributed by atoms with Crippen molar-refractivity contribution in [1.82, 2.24) is 24.8 Å². The number of hydrogen-bond donors (Lipinski definition) is 1. The second-order valence-electron chi connectivity index (χ2n) is 6.67. The molecule has 0 saturated carbocycles. The summed E-state index contributed by atoms with van der Waals surface area (Å²) in [6.45, 7) is 3.51. The van der Waals surface area contributed by atoms with Gasteiger partial charge in [-0.15, -0.1) is 0 Å².